The topological polar surface area (TPSA) is 20.3 Å². The van der Waals surface area contributed by atoms with Crippen molar-refractivity contribution in [2.24, 2.45) is 0 Å². The predicted octanol–water partition coefficient (Wildman–Crippen LogP) is 2.15. The molecule has 0 N–H and O–H groups in total. The molecule has 1 aromatic carbocycles. The Morgan fingerprint density at radius 3 is 3.07 bits per heavy atom. The van der Waals surface area contributed by atoms with Crippen LogP contribution in [0.1, 0.15) is 12.0 Å². The van der Waals surface area contributed by atoms with Crippen LogP contribution in [0.15, 0.2) is 36.9 Å². The molecule has 0 spiro atoms. The molecule has 72 valence electrons. The molecule has 0 fully saturated rings. The SMILES string of the molecule is C=CCC(=O)N1CCc2ccccc21. The fourth-order valence-corrected chi connectivity index (χ4v) is 1.83. The molecule has 2 heteroatoms. The second kappa shape index (κ2) is 3.66. The highest BCUT2D eigenvalue weighted by Gasteiger charge is 2.22. The van der Waals surface area contributed by atoms with Gasteiger partial charge in [0.1, 0.15) is 0 Å². The van der Waals surface area contributed by atoms with Crippen molar-refractivity contribution < 1.29 is 4.79 Å². The molecule has 0 unspecified atom stereocenters. The van der Waals surface area contributed by atoms with Crippen LogP contribution in [0, 0.1) is 0 Å². The largest absolute Gasteiger partial charge is 0.312 e. The van der Waals surface area contributed by atoms with Gasteiger partial charge in [0.05, 0.1) is 0 Å². The number of para-hydroxylation sites is 1. The minimum Gasteiger partial charge on any atom is -0.312 e. The first-order chi connectivity index (χ1) is 6.83. The number of rotatable bonds is 2. The minimum atomic E-state index is 0.143. The predicted molar refractivity (Wildman–Crippen MR) is 57.3 cm³/mol. The van der Waals surface area contributed by atoms with E-state index in [4.69, 9.17) is 0 Å². The second-order valence-corrected chi connectivity index (χ2v) is 3.42. The number of anilines is 1. The number of hydrogen-bond donors (Lipinski definition) is 0. The van der Waals surface area contributed by atoms with Gasteiger partial charge in [-0.1, -0.05) is 24.3 Å². The molecule has 0 atom stereocenters. The summed E-state index contributed by atoms with van der Waals surface area (Å²) in [4.78, 5) is 13.5. The molecule has 0 aromatic heterocycles. The van der Waals surface area contributed by atoms with Crippen LogP contribution in [-0.2, 0) is 11.2 Å². The maximum Gasteiger partial charge on any atom is 0.230 e. The molecule has 0 aliphatic carbocycles. The number of carbonyl (C=O) groups excluding carboxylic acids is 1. The van der Waals surface area contributed by atoms with E-state index in [1.807, 2.05) is 23.1 Å². The van der Waals surface area contributed by atoms with Crippen LogP contribution in [-0.4, -0.2) is 12.5 Å². The maximum absolute atomic E-state index is 11.7. The standard InChI is InChI=1S/C12H13NO/c1-2-5-12(14)13-9-8-10-6-3-4-7-11(10)13/h2-4,6-7H,1,5,8-9H2. The smallest absolute Gasteiger partial charge is 0.230 e. The van der Waals surface area contributed by atoms with E-state index in [-0.39, 0.29) is 5.91 Å². The zero-order valence-electron chi connectivity index (χ0n) is 8.07. The van der Waals surface area contributed by atoms with Crippen molar-refractivity contribution >= 4 is 11.6 Å². The van der Waals surface area contributed by atoms with Gasteiger partial charge in [-0.25, -0.2) is 0 Å². The number of amides is 1. The summed E-state index contributed by atoms with van der Waals surface area (Å²) in [5, 5.41) is 0. The quantitative estimate of drug-likeness (QED) is 0.650. The lowest BCUT2D eigenvalue weighted by Crippen LogP contribution is -2.27. The van der Waals surface area contributed by atoms with Gasteiger partial charge in [-0.2, -0.15) is 0 Å². The molecular formula is C12H13NO. The molecule has 1 heterocycles. The normalized spacial score (nSPS) is 13.9. The van der Waals surface area contributed by atoms with Crippen molar-refractivity contribution in [2.45, 2.75) is 12.8 Å². The molecule has 1 aromatic rings. The molecule has 0 radical (unpaired) electrons. The van der Waals surface area contributed by atoms with Crippen molar-refractivity contribution in [3.05, 3.63) is 42.5 Å². The molecule has 0 bridgehead atoms. The highest BCUT2D eigenvalue weighted by atomic mass is 16.2. The molecule has 2 rings (SSSR count). The van der Waals surface area contributed by atoms with Crippen LogP contribution in [0.25, 0.3) is 0 Å². The minimum absolute atomic E-state index is 0.143. The molecule has 1 aliphatic rings. The van der Waals surface area contributed by atoms with Crippen LogP contribution in [0.2, 0.25) is 0 Å². The fraction of sp³-hybridized carbons (Fsp3) is 0.250. The summed E-state index contributed by atoms with van der Waals surface area (Å²) < 4.78 is 0. The Hall–Kier alpha value is -1.57. The molecule has 1 aliphatic heterocycles. The summed E-state index contributed by atoms with van der Waals surface area (Å²) in [5.74, 6) is 0.143. The number of carbonyl (C=O) groups is 1. The molecular weight excluding hydrogens is 174 g/mol. The number of fused-ring (bicyclic) bond motifs is 1. The van der Waals surface area contributed by atoms with Gasteiger partial charge < -0.3 is 4.90 Å². The summed E-state index contributed by atoms with van der Waals surface area (Å²) in [6.07, 6.45) is 3.05. The fourth-order valence-electron chi connectivity index (χ4n) is 1.83. The second-order valence-electron chi connectivity index (χ2n) is 3.42. The Kier molecular flexibility index (Phi) is 2.35. The van der Waals surface area contributed by atoms with Gasteiger partial charge in [-0.15, -0.1) is 6.58 Å². The van der Waals surface area contributed by atoms with Crippen molar-refractivity contribution in [1.29, 1.82) is 0 Å². The average molecular weight is 187 g/mol. The summed E-state index contributed by atoms with van der Waals surface area (Å²) in [6, 6.07) is 8.07. The number of hydrogen-bond acceptors (Lipinski definition) is 1. The lowest BCUT2D eigenvalue weighted by Gasteiger charge is -2.15. The van der Waals surface area contributed by atoms with E-state index in [2.05, 4.69) is 12.6 Å². The number of benzene rings is 1. The lowest BCUT2D eigenvalue weighted by atomic mass is 10.2. The first-order valence-corrected chi connectivity index (χ1v) is 4.82. The van der Waals surface area contributed by atoms with Crippen molar-refractivity contribution in [1.82, 2.24) is 0 Å². The molecule has 0 saturated carbocycles. The third kappa shape index (κ3) is 1.43. The highest BCUT2D eigenvalue weighted by molar-refractivity contribution is 5.96. The first kappa shape index (κ1) is 9.00. The van der Waals surface area contributed by atoms with Crippen LogP contribution in [0.3, 0.4) is 0 Å². The van der Waals surface area contributed by atoms with E-state index in [1.165, 1.54) is 5.56 Å². The molecule has 14 heavy (non-hydrogen) atoms. The van der Waals surface area contributed by atoms with E-state index < -0.39 is 0 Å². The third-order valence-electron chi connectivity index (χ3n) is 2.51. The molecule has 1 amide bonds. The molecule has 2 nitrogen and oxygen atoms in total. The van der Waals surface area contributed by atoms with Gasteiger partial charge >= 0.3 is 0 Å². The van der Waals surface area contributed by atoms with Gasteiger partial charge in [0.2, 0.25) is 5.91 Å². The van der Waals surface area contributed by atoms with Crippen LogP contribution >= 0.6 is 0 Å². The summed E-state index contributed by atoms with van der Waals surface area (Å²) in [5.41, 5.74) is 2.34. The third-order valence-corrected chi connectivity index (χ3v) is 2.51. The Morgan fingerprint density at radius 2 is 2.29 bits per heavy atom. The van der Waals surface area contributed by atoms with Crippen molar-refractivity contribution in [2.75, 3.05) is 11.4 Å². The van der Waals surface area contributed by atoms with Crippen LogP contribution in [0.5, 0.6) is 0 Å². The zero-order chi connectivity index (χ0) is 9.97. The van der Waals surface area contributed by atoms with Crippen molar-refractivity contribution in [3.8, 4) is 0 Å². The first-order valence-electron chi connectivity index (χ1n) is 4.82. The zero-order valence-corrected chi connectivity index (χ0v) is 8.07. The van der Waals surface area contributed by atoms with E-state index in [0.29, 0.717) is 6.42 Å². The van der Waals surface area contributed by atoms with Crippen molar-refractivity contribution in [3.63, 3.8) is 0 Å². The monoisotopic (exact) mass is 187 g/mol. The lowest BCUT2D eigenvalue weighted by molar-refractivity contribution is -0.117. The Bertz CT molecular complexity index is 370. The Labute approximate surface area is 83.8 Å². The Morgan fingerprint density at radius 1 is 1.50 bits per heavy atom. The number of nitrogens with zero attached hydrogens (tertiary/aromatic N) is 1. The van der Waals surface area contributed by atoms with Gasteiger partial charge in [-0.05, 0) is 18.1 Å². The highest BCUT2D eigenvalue weighted by Crippen LogP contribution is 2.27. The van der Waals surface area contributed by atoms with Gasteiger partial charge in [0.25, 0.3) is 0 Å². The van der Waals surface area contributed by atoms with E-state index >= 15 is 0 Å². The summed E-state index contributed by atoms with van der Waals surface area (Å²) in [6.45, 7) is 4.39. The van der Waals surface area contributed by atoms with E-state index in [0.717, 1.165) is 18.7 Å². The van der Waals surface area contributed by atoms with Gasteiger partial charge in [0, 0.05) is 18.7 Å². The van der Waals surface area contributed by atoms with E-state index in [1.54, 1.807) is 6.08 Å². The molecule has 0 saturated heterocycles. The van der Waals surface area contributed by atoms with Crippen LogP contribution < -0.4 is 4.90 Å². The van der Waals surface area contributed by atoms with Gasteiger partial charge in [-0.3, -0.25) is 4.79 Å². The van der Waals surface area contributed by atoms with Crippen LogP contribution in [0.4, 0.5) is 5.69 Å². The average Bonchev–Trinajstić information content (AvgIpc) is 2.61. The van der Waals surface area contributed by atoms with Gasteiger partial charge in [0.15, 0.2) is 0 Å². The maximum atomic E-state index is 11.7. The summed E-state index contributed by atoms with van der Waals surface area (Å²) in [7, 11) is 0. The van der Waals surface area contributed by atoms with E-state index in [9.17, 15) is 4.79 Å². The summed E-state index contributed by atoms with van der Waals surface area (Å²) >= 11 is 0. The Balaban J connectivity index is 2.25.